The van der Waals surface area contributed by atoms with E-state index in [2.05, 4.69) is 39.0 Å². The monoisotopic (exact) mass is 313 g/mol. The third-order valence-electron chi connectivity index (χ3n) is 3.75. The van der Waals surface area contributed by atoms with E-state index in [0.717, 1.165) is 32.4 Å². The Bertz CT molecular complexity index is 463. The Morgan fingerprint density at radius 3 is 2.57 bits per heavy atom. The second-order valence-corrected chi connectivity index (χ2v) is 6.61. The Morgan fingerprint density at radius 2 is 1.90 bits per heavy atom. The van der Waals surface area contributed by atoms with E-state index in [0.29, 0.717) is 18.4 Å². The van der Waals surface area contributed by atoms with Gasteiger partial charge in [-0.1, -0.05) is 13.8 Å². The molecule has 21 heavy (non-hydrogen) atoms. The number of hydrogen-bond acceptors (Lipinski definition) is 6. The first-order valence-corrected chi connectivity index (χ1v) is 7.89. The topological polar surface area (TPSA) is 74.2 Å². The molecule has 2 N–H and O–H groups in total. The molecule has 1 aliphatic rings. The highest BCUT2D eigenvalue weighted by atomic mass is 35.5. The van der Waals surface area contributed by atoms with Gasteiger partial charge in [0.15, 0.2) is 0 Å². The number of anilines is 2. The van der Waals surface area contributed by atoms with Gasteiger partial charge >= 0.3 is 0 Å². The van der Waals surface area contributed by atoms with Crippen LogP contribution in [-0.2, 0) is 0 Å². The molecule has 0 aromatic carbocycles. The van der Waals surface area contributed by atoms with Crippen molar-refractivity contribution >= 4 is 23.5 Å². The minimum absolute atomic E-state index is 0.0286. The molecule has 0 atom stereocenters. The predicted molar refractivity (Wildman–Crippen MR) is 84.9 cm³/mol. The number of nitrogens with zero attached hydrogens (tertiary/aromatic N) is 4. The molecule has 0 amide bonds. The minimum Gasteiger partial charge on any atom is -0.396 e. The van der Waals surface area contributed by atoms with E-state index in [1.54, 1.807) is 0 Å². The van der Waals surface area contributed by atoms with Crippen LogP contribution in [0.25, 0.3) is 0 Å². The lowest BCUT2D eigenvalue weighted by molar-refractivity contribution is 0.220. The summed E-state index contributed by atoms with van der Waals surface area (Å²) in [7, 11) is 0. The maximum absolute atomic E-state index is 9.06. The van der Waals surface area contributed by atoms with E-state index in [-0.39, 0.29) is 17.3 Å². The number of rotatable bonds is 6. The van der Waals surface area contributed by atoms with E-state index in [1.807, 2.05) is 0 Å². The average molecular weight is 314 g/mol. The second-order valence-electron chi connectivity index (χ2n) is 6.27. The smallest absolute Gasteiger partial charge is 0.231 e. The van der Waals surface area contributed by atoms with Crippen molar-refractivity contribution in [2.45, 2.75) is 39.5 Å². The first kappa shape index (κ1) is 16.2. The van der Waals surface area contributed by atoms with E-state index < -0.39 is 0 Å². The van der Waals surface area contributed by atoms with Crippen LogP contribution in [0.1, 0.15) is 39.5 Å². The highest BCUT2D eigenvalue weighted by molar-refractivity contribution is 6.28. The molecular weight excluding hydrogens is 290 g/mol. The van der Waals surface area contributed by atoms with Gasteiger partial charge in [0.25, 0.3) is 0 Å². The first-order valence-electron chi connectivity index (χ1n) is 7.51. The number of halogens is 1. The SMILES string of the molecule is CC(C)(CCO)CNc1nc(Cl)nc(N2CCCCC2)n1. The molecule has 0 bridgehead atoms. The second kappa shape index (κ2) is 7.22. The lowest BCUT2D eigenvalue weighted by atomic mass is 9.90. The van der Waals surface area contributed by atoms with Crippen LogP contribution in [0, 0.1) is 5.41 Å². The molecule has 0 unspecified atom stereocenters. The minimum atomic E-state index is -0.0286. The molecule has 6 nitrogen and oxygen atoms in total. The number of aliphatic hydroxyl groups is 1. The maximum atomic E-state index is 9.06. The molecule has 1 fully saturated rings. The standard InChI is InChI=1S/C14H24ClN5O/c1-14(2,6-9-21)10-16-12-17-11(15)18-13(19-12)20-7-4-3-5-8-20/h21H,3-10H2,1-2H3,(H,16,17,18,19). The van der Waals surface area contributed by atoms with Crippen molar-refractivity contribution < 1.29 is 5.11 Å². The molecule has 0 radical (unpaired) electrons. The van der Waals surface area contributed by atoms with Crippen molar-refractivity contribution in [3.63, 3.8) is 0 Å². The van der Waals surface area contributed by atoms with Crippen molar-refractivity contribution in [1.82, 2.24) is 15.0 Å². The molecule has 1 aliphatic heterocycles. The van der Waals surface area contributed by atoms with Crippen LogP contribution in [-0.4, -0.2) is 46.3 Å². The summed E-state index contributed by atoms with van der Waals surface area (Å²) >= 11 is 6.01. The fourth-order valence-electron chi connectivity index (χ4n) is 2.36. The van der Waals surface area contributed by atoms with Crippen LogP contribution >= 0.6 is 11.6 Å². The molecule has 1 saturated heterocycles. The molecular formula is C14H24ClN5O. The lowest BCUT2D eigenvalue weighted by Gasteiger charge is -2.27. The highest BCUT2D eigenvalue weighted by Crippen LogP contribution is 2.22. The largest absolute Gasteiger partial charge is 0.396 e. The molecule has 2 heterocycles. The van der Waals surface area contributed by atoms with Crippen LogP contribution < -0.4 is 10.2 Å². The van der Waals surface area contributed by atoms with Crippen molar-refractivity contribution in [3.05, 3.63) is 5.28 Å². The van der Waals surface area contributed by atoms with Crippen LogP contribution in [0.5, 0.6) is 0 Å². The number of hydrogen-bond donors (Lipinski definition) is 2. The van der Waals surface area contributed by atoms with Gasteiger partial charge in [-0.25, -0.2) is 0 Å². The van der Waals surface area contributed by atoms with Crippen LogP contribution in [0.3, 0.4) is 0 Å². The van der Waals surface area contributed by atoms with Crippen molar-refractivity contribution in [1.29, 1.82) is 0 Å². The highest BCUT2D eigenvalue weighted by Gasteiger charge is 2.19. The van der Waals surface area contributed by atoms with Crippen LogP contribution in [0.15, 0.2) is 0 Å². The summed E-state index contributed by atoms with van der Waals surface area (Å²) in [5.74, 6) is 1.15. The van der Waals surface area contributed by atoms with Crippen molar-refractivity contribution in [2.24, 2.45) is 5.41 Å². The van der Waals surface area contributed by atoms with Gasteiger partial charge in [0.05, 0.1) is 0 Å². The summed E-state index contributed by atoms with van der Waals surface area (Å²) in [6.07, 6.45) is 4.30. The normalized spacial score (nSPS) is 16.1. The number of aliphatic hydroxyl groups excluding tert-OH is 1. The zero-order valence-electron chi connectivity index (χ0n) is 12.8. The summed E-state index contributed by atoms with van der Waals surface area (Å²) in [6.45, 7) is 6.96. The van der Waals surface area contributed by atoms with Gasteiger partial charge in [0, 0.05) is 26.2 Å². The summed E-state index contributed by atoms with van der Waals surface area (Å²) in [5, 5.41) is 12.5. The zero-order chi connectivity index (χ0) is 15.3. The molecule has 1 aromatic rings. The number of nitrogens with one attached hydrogen (secondary N) is 1. The Kier molecular flexibility index (Phi) is 5.58. The molecule has 118 valence electrons. The average Bonchev–Trinajstić information content (AvgIpc) is 2.46. The molecule has 7 heteroatoms. The molecule has 2 rings (SSSR count). The van der Waals surface area contributed by atoms with Crippen LogP contribution in [0.2, 0.25) is 5.28 Å². The van der Waals surface area contributed by atoms with Crippen molar-refractivity contribution in [2.75, 3.05) is 36.5 Å². The summed E-state index contributed by atoms with van der Waals surface area (Å²) < 4.78 is 0. The Morgan fingerprint density at radius 1 is 1.19 bits per heavy atom. The summed E-state index contributed by atoms with van der Waals surface area (Å²) in [4.78, 5) is 15.0. The number of piperidine rings is 1. The zero-order valence-corrected chi connectivity index (χ0v) is 13.5. The predicted octanol–water partition coefficient (Wildman–Crippen LogP) is 2.34. The number of aromatic nitrogens is 3. The Balaban J connectivity index is 2.04. The first-order chi connectivity index (χ1) is 10.00. The van der Waals surface area contributed by atoms with Gasteiger partial charge in [-0.3, -0.25) is 0 Å². The van der Waals surface area contributed by atoms with Gasteiger partial charge in [0.1, 0.15) is 0 Å². The molecule has 0 aliphatic carbocycles. The van der Waals surface area contributed by atoms with E-state index in [1.165, 1.54) is 6.42 Å². The van der Waals surface area contributed by atoms with Gasteiger partial charge < -0.3 is 15.3 Å². The summed E-state index contributed by atoms with van der Waals surface area (Å²) in [6, 6.07) is 0. The third-order valence-corrected chi connectivity index (χ3v) is 3.92. The molecule has 0 saturated carbocycles. The Hall–Kier alpha value is -1.14. The fraction of sp³-hybridized carbons (Fsp3) is 0.786. The van der Waals surface area contributed by atoms with Gasteiger partial charge in [-0.05, 0) is 42.7 Å². The lowest BCUT2D eigenvalue weighted by Crippen LogP contribution is -2.31. The van der Waals surface area contributed by atoms with Crippen LogP contribution in [0.4, 0.5) is 11.9 Å². The van der Waals surface area contributed by atoms with Gasteiger partial charge in [-0.15, -0.1) is 0 Å². The maximum Gasteiger partial charge on any atom is 0.231 e. The quantitative estimate of drug-likeness (QED) is 0.839. The van der Waals surface area contributed by atoms with E-state index >= 15 is 0 Å². The summed E-state index contributed by atoms with van der Waals surface area (Å²) in [5.41, 5.74) is -0.0286. The Labute approximate surface area is 131 Å². The molecule has 0 spiro atoms. The van der Waals surface area contributed by atoms with E-state index in [9.17, 15) is 0 Å². The molecule has 1 aromatic heterocycles. The van der Waals surface area contributed by atoms with Gasteiger partial charge in [0.2, 0.25) is 17.2 Å². The third kappa shape index (κ3) is 4.97. The van der Waals surface area contributed by atoms with Gasteiger partial charge in [-0.2, -0.15) is 15.0 Å². The van der Waals surface area contributed by atoms with E-state index in [4.69, 9.17) is 16.7 Å². The fourth-order valence-corrected chi connectivity index (χ4v) is 2.52. The van der Waals surface area contributed by atoms with Crippen molar-refractivity contribution in [3.8, 4) is 0 Å².